The molecule has 5 nitrogen and oxygen atoms in total. The Morgan fingerprint density at radius 1 is 1.07 bits per heavy atom. The summed E-state index contributed by atoms with van der Waals surface area (Å²) in [6, 6.07) is 12.2. The SMILES string of the molecule is CC(C)NC(=O)[C@H](C)N(Cc1ccc(F)cc1)C(=O)COc1ccc(Br)cc1. The molecule has 0 fully saturated rings. The number of carbonyl (C=O) groups excluding carboxylic acids is 2. The molecule has 1 atom stereocenters. The van der Waals surface area contributed by atoms with E-state index in [9.17, 15) is 14.0 Å². The summed E-state index contributed by atoms with van der Waals surface area (Å²) >= 11 is 3.34. The van der Waals surface area contributed by atoms with E-state index in [1.165, 1.54) is 17.0 Å². The number of rotatable bonds is 8. The minimum Gasteiger partial charge on any atom is -0.484 e. The van der Waals surface area contributed by atoms with E-state index in [2.05, 4.69) is 21.2 Å². The monoisotopic (exact) mass is 450 g/mol. The summed E-state index contributed by atoms with van der Waals surface area (Å²) < 4.78 is 19.7. The Kier molecular flexibility index (Phi) is 7.99. The van der Waals surface area contributed by atoms with Crippen LogP contribution in [0.2, 0.25) is 0 Å². The molecule has 0 saturated heterocycles. The van der Waals surface area contributed by atoms with E-state index >= 15 is 0 Å². The Hall–Kier alpha value is -2.41. The summed E-state index contributed by atoms with van der Waals surface area (Å²) in [5.41, 5.74) is 0.725. The van der Waals surface area contributed by atoms with Crippen LogP contribution in [0.25, 0.3) is 0 Å². The maximum Gasteiger partial charge on any atom is 0.261 e. The normalized spacial score (nSPS) is 11.8. The van der Waals surface area contributed by atoms with Crippen LogP contribution in [0, 0.1) is 5.82 Å². The zero-order chi connectivity index (χ0) is 20.7. The van der Waals surface area contributed by atoms with E-state index in [0.29, 0.717) is 5.75 Å². The fourth-order valence-electron chi connectivity index (χ4n) is 2.53. The number of nitrogens with zero attached hydrogens (tertiary/aromatic N) is 1. The van der Waals surface area contributed by atoms with Crippen LogP contribution in [0.15, 0.2) is 53.0 Å². The van der Waals surface area contributed by atoms with Crippen LogP contribution < -0.4 is 10.1 Å². The minimum atomic E-state index is -0.700. The first-order valence-corrected chi connectivity index (χ1v) is 9.78. The number of ether oxygens (including phenoxy) is 1. The molecule has 150 valence electrons. The molecular formula is C21H24BrFN2O3. The third kappa shape index (κ3) is 6.64. The quantitative estimate of drug-likeness (QED) is 0.662. The zero-order valence-electron chi connectivity index (χ0n) is 16.1. The number of hydrogen-bond acceptors (Lipinski definition) is 3. The van der Waals surface area contributed by atoms with Gasteiger partial charge in [-0.1, -0.05) is 28.1 Å². The van der Waals surface area contributed by atoms with Gasteiger partial charge in [0.05, 0.1) is 0 Å². The second-order valence-corrected chi connectivity index (χ2v) is 7.65. The van der Waals surface area contributed by atoms with E-state index in [1.807, 2.05) is 26.0 Å². The standard InChI is InChI=1S/C21H24BrFN2O3/c1-14(2)24-21(27)15(3)25(12-16-4-8-18(23)9-5-16)20(26)13-28-19-10-6-17(22)7-11-19/h4-11,14-15H,12-13H2,1-3H3,(H,24,27)/t15-/m0/s1. The topological polar surface area (TPSA) is 58.6 Å². The lowest BCUT2D eigenvalue weighted by atomic mass is 10.1. The number of carbonyl (C=O) groups is 2. The van der Waals surface area contributed by atoms with E-state index < -0.39 is 6.04 Å². The highest BCUT2D eigenvalue weighted by Gasteiger charge is 2.26. The number of benzene rings is 2. The second-order valence-electron chi connectivity index (χ2n) is 6.73. The molecule has 0 heterocycles. The smallest absolute Gasteiger partial charge is 0.261 e. The van der Waals surface area contributed by atoms with Crippen LogP contribution in [0.5, 0.6) is 5.75 Å². The fraction of sp³-hybridized carbons (Fsp3) is 0.333. The summed E-state index contributed by atoms with van der Waals surface area (Å²) in [5.74, 6) is -0.392. The molecule has 0 bridgehead atoms. The van der Waals surface area contributed by atoms with Crippen molar-refractivity contribution >= 4 is 27.7 Å². The van der Waals surface area contributed by atoms with Gasteiger partial charge in [0.15, 0.2) is 6.61 Å². The summed E-state index contributed by atoms with van der Waals surface area (Å²) in [5, 5.41) is 2.81. The van der Waals surface area contributed by atoms with Gasteiger partial charge in [0, 0.05) is 17.1 Å². The van der Waals surface area contributed by atoms with Crippen molar-refractivity contribution in [3.8, 4) is 5.75 Å². The Morgan fingerprint density at radius 3 is 2.25 bits per heavy atom. The van der Waals surface area contributed by atoms with Crippen molar-refractivity contribution in [1.29, 1.82) is 0 Å². The van der Waals surface area contributed by atoms with Crippen LogP contribution in [0.4, 0.5) is 4.39 Å². The molecule has 0 aliphatic rings. The first-order chi connectivity index (χ1) is 13.3. The maximum atomic E-state index is 13.2. The molecule has 2 aromatic carbocycles. The largest absolute Gasteiger partial charge is 0.484 e. The van der Waals surface area contributed by atoms with Crippen molar-refractivity contribution in [2.24, 2.45) is 0 Å². The molecule has 0 aliphatic carbocycles. The predicted molar refractivity (Wildman–Crippen MR) is 109 cm³/mol. The summed E-state index contributed by atoms with van der Waals surface area (Å²) in [6.45, 7) is 5.34. The highest BCUT2D eigenvalue weighted by atomic mass is 79.9. The molecule has 0 saturated carbocycles. The molecule has 0 aromatic heterocycles. The maximum absolute atomic E-state index is 13.2. The highest BCUT2D eigenvalue weighted by molar-refractivity contribution is 9.10. The number of halogens is 2. The van der Waals surface area contributed by atoms with Crippen LogP contribution in [0.1, 0.15) is 26.3 Å². The van der Waals surface area contributed by atoms with Crippen molar-refractivity contribution in [3.63, 3.8) is 0 Å². The Bertz CT molecular complexity index is 794. The van der Waals surface area contributed by atoms with Crippen molar-refractivity contribution in [3.05, 3.63) is 64.4 Å². The van der Waals surface area contributed by atoms with Crippen molar-refractivity contribution < 1.29 is 18.7 Å². The van der Waals surface area contributed by atoms with Crippen LogP contribution >= 0.6 is 15.9 Å². The molecule has 0 radical (unpaired) electrons. The van der Waals surface area contributed by atoms with Gasteiger partial charge in [0.25, 0.3) is 5.91 Å². The van der Waals surface area contributed by atoms with Gasteiger partial charge in [0.1, 0.15) is 17.6 Å². The summed E-state index contributed by atoms with van der Waals surface area (Å²) in [6.07, 6.45) is 0. The summed E-state index contributed by atoms with van der Waals surface area (Å²) in [7, 11) is 0. The van der Waals surface area contributed by atoms with E-state index in [0.717, 1.165) is 10.0 Å². The van der Waals surface area contributed by atoms with Gasteiger partial charge in [-0.3, -0.25) is 9.59 Å². The van der Waals surface area contributed by atoms with Gasteiger partial charge in [0.2, 0.25) is 5.91 Å². The lowest BCUT2D eigenvalue weighted by Crippen LogP contribution is -2.50. The third-order valence-electron chi connectivity index (χ3n) is 4.04. The average Bonchev–Trinajstić information content (AvgIpc) is 2.65. The molecule has 2 rings (SSSR count). The van der Waals surface area contributed by atoms with Crippen LogP contribution in [-0.4, -0.2) is 35.4 Å². The molecule has 0 spiro atoms. The fourth-order valence-corrected chi connectivity index (χ4v) is 2.80. The third-order valence-corrected chi connectivity index (χ3v) is 4.57. The van der Waals surface area contributed by atoms with Gasteiger partial charge < -0.3 is 15.0 Å². The Morgan fingerprint density at radius 2 is 1.68 bits per heavy atom. The highest BCUT2D eigenvalue weighted by Crippen LogP contribution is 2.17. The molecule has 2 amide bonds. The minimum absolute atomic E-state index is 0.0447. The number of nitrogens with one attached hydrogen (secondary N) is 1. The molecule has 1 N–H and O–H groups in total. The Balaban J connectivity index is 2.12. The number of amides is 2. The molecule has 28 heavy (non-hydrogen) atoms. The van der Waals surface area contributed by atoms with Crippen molar-refractivity contribution in [2.75, 3.05) is 6.61 Å². The Labute approximate surface area is 173 Å². The van der Waals surface area contributed by atoms with Gasteiger partial charge in [-0.25, -0.2) is 4.39 Å². The average molecular weight is 451 g/mol. The first-order valence-electron chi connectivity index (χ1n) is 8.99. The summed E-state index contributed by atoms with van der Waals surface area (Å²) in [4.78, 5) is 26.7. The van der Waals surface area contributed by atoms with E-state index in [4.69, 9.17) is 4.74 Å². The first kappa shape index (κ1) is 21.9. The van der Waals surface area contributed by atoms with Gasteiger partial charge in [-0.05, 0) is 62.7 Å². The molecule has 0 unspecified atom stereocenters. The van der Waals surface area contributed by atoms with Gasteiger partial charge in [-0.15, -0.1) is 0 Å². The molecular weight excluding hydrogens is 427 g/mol. The second kappa shape index (κ2) is 10.2. The van der Waals surface area contributed by atoms with Crippen molar-refractivity contribution in [2.45, 2.75) is 39.4 Å². The molecule has 7 heteroatoms. The lowest BCUT2D eigenvalue weighted by molar-refractivity contribution is -0.142. The van der Waals surface area contributed by atoms with Crippen molar-refractivity contribution in [1.82, 2.24) is 10.2 Å². The van der Waals surface area contributed by atoms with Crippen LogP contribution in [-0.2, 0) is 16.1 Å². The van der Waals surface area contributed by atoms with Crippen LogP contribution in [0.3, 0.4) is 0 Å². The zero-order valence-corrected chi connectivity index (χ0v) is 17.7. The molecule has 2 aromatic rings. The van der Waals surface area contributed by atoms with E-state index in [-0.39, 0.29) is 36.8 Å². The molecule has 0 aliphatic heterocycles. The number of hydrogen-bond donors (Lipinski definition) is 1. The van der Waals surface area contributed by atoms with Gasteiger partial charge in [-0.2, -0.15) is 0 Å². The lowest BCUT2D eigenvalue weighted by Gasteiger charge is -2.29. The van der Waals surface area contributed by atoms with E-state index in [1.54, 1.807) is 31.2 Å². The predicted octanol–water partition coefficient (Wildman–Crippen LogP) is 3.91. The van der Waals surface area contributed by atoms with Gasteiger partial charge >= 0.3 is 0 Å².